The van der Waals surface area contributed by atoms with E-state index in [0.717, 1.165) is 6.54 Å². The molecule has 1 aromatic carbocycles. The normalized spacial score (nSPS) is 17.8. The average molecular weight is 288 g/mol. The zero-order valence-corrected chi connectivity index (χ0v) is 11.8. The maximum Gasteiger partial charge on any atom is 0.159 e. The quantitative estimate of drug-likeness (QED) is 0.873. The van der Waals surface area contributed by atoms with Crippen LogP contribution in [0.2, 0.25) is 5.02 Å². The van der Waals surface area contributed by atoms with E-state index in [1.165, 1.54) is 0 Å². The second-order valence-electron chi connectivity index (χ2n) is 4.58. The first-order valence-electron chi connectivity index (χ1n) is 6.60. The van der Waals surface area contributed by atoms with E-state index in [1.807, 2.05) is 6.92 Å². The molecular weight excluding hydrogens is 269 g/mol. The number of hydrogen-bond acceptors (Lipinski definition) is 3. The van der Waals surface area contributed by atoms with Gasteiger partial charge in [0.25, 0.3) is 0 Å². The predicted octanol–water partition coefficient (Wildman–Crippen LogP) is 2.76. The van der Waals surface area contributed by atoms with Crippen molar-refractivity contribution in [3.05, 3.63) is 34.6 Å². The summed E-state index contributed by atoms with van der Waals surface area (Å²) in [6.45, 7) is 4.11. The SMILES string of the molecule is CCNC(Cc1cccc(Cl)c1F)CC1OCCO1. The molecule has 1 unspecified atom stereocenters. The molecule has 1 saturated heterocycles. The van der Waals surface area contributed by atoms with Gasteiger partial charge >= 0.3 is 0 Å². The van der Waals surface area contributed by atoms with Gasteiger partial charge in [0.2, 0.25) is 0 Å². The van der Waals surface area contributed by atoms with E-state index in [0.29, 0.717) is 31.6 Å². The molecule has 5 heteroatoms. The Hall–Kier alpha value is -0.680. The molecule has 0 radical (unpaired) electrons. The van der Waals surface area contributed by atoms with Crippen molar-refractivity contribution in [2.75, 3.05) is 19.8 Å². The van der Waals surface area contributed by atoms with Crippen LogP contribution in [-0.2, 0) is 15.9 Å². The van der Waals surface area contributed by atoms with Crippen molar-refractivity contribution < 1.29 is 13.9 Å². The maximum atomic E-state index is 13.9. The largest absolute Gasteiger partial charge is 0.350 e. The number of nitrogens with one attached hydrogen (secondary N) is 1. The van der Waals surface area contributed by atoms with Gasteiger partial charge in [0, 0.05) is 12.5 Å². The van der Waals surface area contributed by atoms with Gasteiger partial charge in [-0.2, -0.15) is 0 Å². The molecule has 0 saturated carbocycles. The van der Waals surface area contributed by atoms with Gasteiger partial charge in [0.05, 0.1) is 18.2 Å². The molecule has 1 aliphatic heterocycles. The molecule has 1 aromatic rings. The van der Waals surface area contributed by atoms with Crippen LogP contribution in [0.4, 0.5) is 4.39 Å². The van der Waals surface area contributed by atoms with Crippen molar-refractivity contribution in [2.45, 2.75) is 32.1 Å². The fourth-order valence-electron chi connectivity index (χ4n) is 2.27. The highest BCUT2D eigenvalue weighted by atomic mass is 35.5. The lowest BCUT2D eigenvalue weighted by Crippen LogP contribution is -2.35. The second-order valence-corrected chi connectivity index (χ2v) is 4.99. The molecule has 0 aromatic heterocycles. The number of halogens is 2. The fourth-order valence-corrected chi connectivity index (χ4v) is 2.47. The standard InChI is InChI=1S/C14H19ClFNO2/c1-2-17-11(9-13-18-6-7-19-13)8-10-4-3-5-12(15)14(10)16/h3-5,11,13,17H,2,6-9H2,1H3. The third-order valence-electron chi connectivity index (χ3n) is 3.16. The minimum absolute atomic E-state index is 0.112. The van der Waals surface area contributed by atoms with E-state index >= 15 is 0 Å². The summed E-state index contributed by atoms with van der Waals surface area (Å²) in [7, 11) is 0. The molecule has 1 aliphatic rings. The third kappa shape index (κ3) is 4.14. The molecule has 2 rings (SSSR count). The highest BCUT2D eigenvalue weighted by Crippen LogP contribution is 2.21. The highest BCUT2D eigenvalue weighted by molar-refractivity contribution is 6.30. The van der Waals surface area contributed by atoms with E-state index in [-0.39, 0.29) is 23.2 Å². The van der Waals surface area contributed by atoms with Crippen LogP contribution in [0.5, 0.6) is 0 Å². The lowest BCUT2D eigenvalue weighted by atomic mass is 10.0. The summed E-state index contributed by atoms with van der Waals surface area (Å²) in [6.07, 6.45) is 1.09. The first-order valence-corrected chi connectivity index (χ1v) is 6.98. The molecule has 106 valence electrons. The molecule has 1 fully saturated rings. The second kappa shape index (κ2) is 7.20. The van der Waals surface area contributed by atoms with Crippen LogP contribution < -0.4 is 5.32 Å². The number of hydrogen-bond donors (Lipinski definition) is 1. The van der Waals surface area contributed by atoms with Gasteiger partial charge in [0.1, 0.15) is 5.82 Å². The number of likely N-dealkylation sites (N-methyl/N-ethyl adjacent to an activating group) is 1. The van der Waals surface area contributed by atoms with E-state index < -0.39 is 0 Å². The van der Waals surface area contributed by atoms with Crippen molar-refractivity contribution in [1.29, 1.82) is 0 Å². The van der Waals surface area contributed by atoms with Gasteiger partial charge in [-0.1, -0.05) is 30.7 Å². The minimum atomic E-state index is -0.333. The molecule has 1 N–H and O–H groups in total. The van der Waals surface area contributed by atoms with Crippen molar-refractivity contribution in [2.24, 2.45) is 0 Å². The lowest BCUT2D eigenvalue weighted by Gasteiger charge is -2.21. The summed E-state index contributed by atoms with van der Waals surface area (Å²) in [5.41, 5.74) is 0.622. The average Bonchev–Trinajstić information content (AvgIpc) is 2.88. The first kappa shape index (κ1) is 14.7. The Morgan fingerprint density at radius 1 is 1.42 bits per heavy atom. The fraction of sp³-hybridized carbons (Fsp3) is 0.571. The van der Waals surface area contributed by atoms with E-state index in [4.69, 9.17) is 21.1 Å². The topological polar surface area (TPSA) is 30.5 Å². The zero-order valence-electron chi connectivity index (χ0n) is 11.0. The van der Waals surface area contributed by atoms with Crippen molar-refractivity contribution in [3.63, 3.8) is 0 Å². The van der Waals surface area contributed by atoms with Crippen LogP contribution in [0, 0.1) is 5.82 Å². The van der Waals surface area contributed by atoms with Crippen LogP contribution in [0.15, 0.2) is 18.2 Å². The monoisotopic (exact) mass is 287 g/mol. The number of ether oxygens (including phenoxy) is 2. The van der Waals surface area contributed by atoms with E-state index in [1.54, 1.807) is 18.2 Å². The molecule has 3 nitrogen and oxygen atoms in total. The summed E-state index contributed by atoms with van der Waals surface area (Å²) in [5, 5.41) is 3.50. The van der Waals surface area contributed by atoms with Gasteiger partial charge in [-0.15, -0.1) is 0 Å². The third-order valence-corrected chi connectivity index (χ3v) is 3.45. The molecule has 1 heterocycles. The van der Waals surface area contributed by atoms with Gasteiger partial charge in [-0.25, -0.2) is 4.39 Å². The van der Waals surface area contributed by atoms with Crippen molar-refractivity contribution in [1.82, 2.24) is 5.32 Å². The Morgan fingerprint density at radius 2 is 2.16 bits per heavy atom. The maximum absolute atomic E-state index is 13.9. The molecule has 0 amide bonds. The van der Waals surface area contributed by atoms with Crippen LogP contribution in [-0.4, -0.2) is 32.1 Å². The molecular formula is C14H19ClFNO2. The Labute approximate surface area is 118 Å². The highest BCUT2D eigenvalue weighted by Gasteiger charge is 2.22. The summed E-state index contributed by atoms with van der Waals surface area (Å²) >= 11 is 5.80. The Bertz CT molecular complexity index is 410. The van der Waals surface area contributed by atoms with Gasteiger partial charge in [0.15, 0.2) is 6.29 Å². The predicted molar refractivity (Wildman–Crippen MR) is 72.9 cm³/mol. The summed E-state index contributed by atoms with van der Waals surface area (Å²) in [4.78, 5) is 0. The molecule has 1 atom stereocenters. The first-order chi connectivity index (χ1) is 9.20. The number of rotatable bonds is 6. The van der Waals surface area contributed by atoms with Crippen LogP contribution in [0.3, 0.4) is 0 Å². The number of benzene rings is 1. The Morgan fingerprint density at radius 3 is 2.84 bits per heavy atom. The Balaban J connectivity index is 2.00. The summed E-state index contributed by atoms with van der Waals surface area (Å²) < 4.78 is 24.8. The minimum Gasteiger partial charge on any atom is -0.350 e. The van der Waals surface area contributed by atoms with Gasteiger partial charge in [-0.3, -0.25) is 0 Å². The van der Waals surface area contributed by atoms with Gasteiger partial charge < -0.3 is 14.8 Å². The van der Waals surface area contributed by atoms with Gasteiger partial charge in [-0.05, 0) is 24.6 Å². The molecule has 0 aliphatic carbocycles. The lowest BCUT2D eigenvalue weighted by molar-refractivity contribution is -0.0526. The summed E-state index contributed by atoms with van der Waals surface area (Å²) in [6, 6.07) is 5.21. The molecule has 0 bridgehead atoms. The van der Waals surface area contributed by atoms with E-state index in [2.05, 4.69) is 5.32 Å². The molecule has 0 spiro atoms. The van der Waals surface area contributed by atoms with Crippen LogP contribution in [0.25, 0.3) is 0 Å². The molecule has 19 heavy (non-hydrogen) atoms. The Kier molecular flexibility index (Phi) is 5.58. The summed E-state index contributed by atoms with van der Waals surface area (Å²) in [5.74, 6) is -0.333. The zero-order chi connectivity index (χ0) is 13.7. The van der Waals surface area contributed by atoms with Crippen LogP contribution in [0.1, 0.15) is 18.9 Å². The van der Waals surface area contributed by atoms with Crippen molar-refractivity contribution in [3.8, 4) is 0 Å². The van der Waals surface area contributed by atoms with Crippen molar-refractivity contribution >= 4 is 11.6 Å². The van der Waals surface area contributed by atoms with Crippen LogP contribution >= 0.6 is 11.6 Å². The smallest absolute Gasteiger partial charge is 0.159 e. The van der Waals surface area contributed by atoms with E-state index in [9.17, 15) is 4.39 Å².